The number of aryl methyl sites for hydroxylation is 2. The van der Waals surface area contributed by atoms with Crippen molar-refractivity contribution >= 4 is 5.91 Å². The normalized spacial score (nSPS) is 17.3. The van der Waals surface area contributed by atoms with Crippen LogP contribution in [0.15, 0.2) is 36.7 Å². The smallest absolute Gasteiger partial charge is 0.224 e. The highest BCUT2D eigenvalue weighted by Gasteiger charge is 2.24. The molecule has 2 aromatic rings. The van der Waals surface area contributed by atoms with Crippen LogP contribution in [-0.4, -0.2) is 40.1 Å². The number of halogens is 1. The molecule has 1 amide bonds. The van der Waals surface area contributed by atoms with Crippen molar-refractivity contribution in [2.24, 2.45) is 5.92 Å². The zero-order chi connectivity index (χ0) is 18.4. The molecule has 0 saturated carbocycles. The van der Waals surface area contributed by atoms with Gasteiger partial charge in [-0.25, -0.2) is 9.37 Å². The van der Waals surface area contributed by atoms with Crippen LogP contribution in [0.1, 0.15) is 32.0 Å². The average molecular weight is 359 g/mol. The van der Waals surface area contributed by atoms with E-state index in [-0.39, 0.29) is 11.7 Å². The Bertz CT molecular complexity index is 714. The van der Waals surface area contributed by atoms with Crippen molar-refractivity contribution in [2.75, 3.05) is 19.7 Å². The standard InChI is InChI=1S/C20H26FN3O2/c1-2-19-22-10-13-23(19)12-9-20(25)24-11-3-4-16(14-24)15-26-18-7-5-17(21)6-8-18/h5-8,10,13,16H,2-4,9,11-12,14-15H2,1H3. The molecule has 5 nitrogen and oxygen atoms in total. The summed E-state index contributed by atoms with van der Waals surface area (Å²) >= 11 is 0. The number of hydrogen-bond acceptors (Lipinski definition) is 3. The van der Waals surface area contributed by atoms with Gasteiger partial charge in [0, 0.05) is 50.8 Å². The summed E-state index contributed by atoms with van der Waals surface area (Å²) in [6, 6.07) is 6.06. The first-order valence-electron chi connectivity index (χ1n) is 9.32. The minimum absolute atomic E-state index is 0.187. The lowest BCUT2D eigenvalue weighted by atomic mass is 9.98. The average Bonchev–Trinajstić information content (AvgIpc) is 3.13. The van der Waals surface area contributed by atoms with Crippen molar-refractivity contribution in [1.29, 1.82) is 0 Å². The van der Waals surface area contributed by atoms with Gasteiger partial charge in [0.15, 0.2) is 0 Å². The third-order valence-corrected chi connectivity index (χ3v) is 4.86. The van der Waals surface area contributed by atoms with Gasteiger partial charge in [-0.2, -0.15) is 0 Å². The highest BCUT2D eigenvalue weighted by atomic mass is 19.1. The highest BCUT2D eigenvalue weighted by Crippen LogP contribution is 2.20. The fourth-order valence-corrected chi connectivity index (χ4v) is 3.40. The maximum absolute atomic E-state index is 12.9. The third-order valence-electron chi connectivity index (χ3n) is 4.86. The molecule has 0 spiro atoms. The molecule has 1 atom stereocenters. The second kappa shape index (κ2) is 8.83. The number of benzene rings is 1. The molecule has 1 fully saturated rings. The molecule has 140 valence electrons. The van der Waals surface area contributed by atoms with Crippen LogP contribution in [0, 0.1) is 11.7 Å². The van der Waals surface area contributed by atoms with Gasteiger partial charge in [-0.3, -0.25) is 4.79 Å². The van der Waals surface area contributed by atoms with Gasteiger partial charge in [0.1, 0.15) is 17.4 Å². The molecule has 26 heavy (non-hydrogen) atoms. The lowest BCUT2D eigenvalue weighted by Crippen LogP contribution is -2.41. The predicted molar refractivity (Wildman–Crippen MR) is 97.4 cm³/mol. The van der Waals surface area contributed by atoms with E-state index in [1.165, 1.54) is 12.1 Å². The molecule has 1 unspecified atom stereocenters. The summed E-state index contributed by atoms with van der Waals surface area (Å²) in [5.41, 5.74) is 0. The predicted octanol–water partition coefficient (Wildman–Crippen LogP) is 3.29. The van der Waals surface area contributed by atoms with E-state index in [1.807, 2.05) is 11.1 Å². The van der Waals surface area contributed by atoms with Gasteiger partial charge in [0.05, 0.1) is 6.61 Å². The Kier molecular flexibility index (Phi) is 6.26. The lowest BCUT2D eigenvalue weighted by Gasteiger charge is -2.32. The number of likely N-dealkylation sites (tertiary alicyclic amines) is 1. The van der Waals surface area contributed by atoms with E-state index in [1.54, 1.807) is 18.3 Å². The molecule has 0 aliphatic carbocycles. The lowest BCUT2D eigenvalue weighted by molar-refractivity contribution is -0.133. The maximum atomic E-state index is 12.9. The van der Waals surface area contributed by atoms with Crippen molar-refractivity contribution in [3.05, 3.63) is 48.3 Å². The molecule has 1 aliphatic rings. The molecule has 1 saturated heterocycles. The molecule has 0 bridgehead atoms. The number of piperidine rings is 1. The first-order valence-corrected chi connectivity index (χ1v) is 9.32. The second-order valence-corrected chi connectivity index (χ2v) is 6.75. The Morgan fingerprint density at radius 1 is 1.35 bits per heavy atom. The number of carbonyl (C=O) groups is 1. The number of amides is 1. The molecule has 0 N–H and O–H groups in total. The fraction of sp³-hybridized carbons (Fsp3) is 0.500. The Morgan fingerprint density at radius 2 is 2.15 bits per heavy atom. The van der Waals surface area contributed by atoms with Gasteiger partial charge >= 0.3 is 0 Å². The summed E-state index contributed by atoms with van der Waals surface area (Å²) in [4.78, 5) is 18.8. The Hall–Kier alpha value is -2.37. The van der Waals surface area contributed by atoms with Crippen molar-refractivity contribution in [3.8, 4) is 5.75 Å². The number of aromatic nitrogens is 2. The van der Waals surface area contributed by atoms with E-state index in [2.05, 4.69) is 16.5 Å². The summed E-state index contributed by atoms with van der Waals surface area (Å²) < 4.78 is 20.8. The Morgan fingerprint density at radius 3 is 2.92 bits per heavy atom. The summed E-state index contributed by atoms with van der Waals surface area (Å²) in [6.07, 6.45) is 7.12. The van der Waals surface area contributed by atoms with Crippen LogP contribution in [0.3, 0.4) is 0 Å². The topological polar surface area (TPSA) is 47.4 Å². The van der Waals surface area contributed by atoms with Gasteiger partial charge in [0.2, 0.25) is 5.91 Å². The van der Waals surface area contributed by atoms with Crippen LogP contribution in [-0.2, 0) is 17.8 Å². The van der Waals surface area contributed by atoms with Crippen molar-refractivity contribution in [3.63, 3.8) is 0 Å². The molecule has 3 rings (SSSR count). The van der Waals surface area contributed by atoms with E-state index >= 15 is 0 Å². The SMILES string of the molecule is CCc1nccn1CCC(=O)N1CCCC(COc2ccc(F)cc2)C1. The van der Waals surface area contributed by atoms with Crippen molar-refractivity contribution in [2.45, 2.75) is 39.2 Å². The van der Waals surface area contributed by atoms with E-state index in [4.69, 9.17) is 4.74 Å². The Balaban J connectivity index is 1.46. The molecular weight excluding hydrogens is 333 g/mol. The van der Waals surface area contributed by atoms with E-state index < -0.39 is 0 Å². The molecule has 1 aromatic heterocycles. The van der Waals surface area contributed by atoms with Crippen LogP contribution in [0.2, 0.25) is 0 Å². The zero-order valence-electron chi connectivity index (χ0n) is 15.2. The summed E-state index contributed by atoms with van der Waals surface area (Å²) in [6.45, 7) is 4.84. The number of rotatable bonds is 7. The van der Waals surface area contributed by atoms with E-state index in [9.17, 15) is 9.18 Å². The first kappa shape index (κ1) is 18.4. The number of ether oxygens (including phenoxy) is 1. The summed E-state index contributed by atoms with van der Waals surface area (Å²) in [7, 11) is 0. The van der Waals surface area contributed by atoms with Gasteiger partial charge in [-0.05, 0) is 37.1 Å². The molecule has 0 radical (unpaired) electrons. The van der Waals surface area contributed by atoms with Crippen LogP contribution >= 0.6 is 0 Å². The van der Waals surface area contributed by atoms with Crippen LogP contribution in [0.4, 0.5) is 4.39 Å². The Labute approximate surface area is 153 Å². The van der Waals surface area contributed by atoms with E-state index in [0.717, 1.165) is 38.2 Å². The zero-order valence-corrected chi connectivity index (χ0v) is 15.2. The van der Waals surface area contributed by atoms with Gasteiger partial charge in [-0.1, -0.05) is 6.92 Å². The van der Waals surface area contributed by atoms with Gasteiger partial charge < -0.3 is 14.2 Å². The number of nitrogens with zero attached hydrogens (tertiary/aromatic N) is 3. The van der Waals surface area contributed by atoms with Gasteiger partial charge in [-0.15, -0.1) is 0 Å². The number of carbonyl (C=O) groups excluding carboxylic acids is 1. The summed E-state index contributed by atoms with van der Waals surface area (Å²) in [5, 5.41) is 0. The minimum atomic E-state index is -0.268. The quantitative estimate of drug-likeness (QED) is 0.762. The molecule has 1 aliphatic heterocycles. The fourth-order valence-electron chi connectivity index (χ4n) is 3.40. The van der Waals surface area contributed by atoms with Crippen LogP contribution < -0.4 is 4.74 Å². The molecule has 2 heterocycles. The minimum Gasteiger partial charge on any atom is -0.493 e. The van der Waals surface area contributed by atoms with Gasteiger partial charge in [0.25, 0.3) is 0 Å². The highest BCUT2D eigenvalue weighted by molar-refractivity contribution is 5.76. The number of imidazole rings is 1. The molecular formula is C20H26FN3O2. The first-order chi connectivity index (χ1) is 12.7. The number of hydrogen-bond donors (Lipinski definition) is 0. The van der Waals surface area contributed by atoms with Crippen LogP contribution in [0.5, 0.6) is 5.75 Å². The molecule has 1 aromatic carbocycles. The van der Waals surface area contributed by atoms with Crippen molar-refractivity contribution < 1.29 is 13.9 Å². The van der Waals surface area contributed by atoms with Crippen molar-refractivity contribution in [1.82, 2.24) is 14.5 Å². The summed E-state index contributed by atoms with van der Waals surface area (Å²) in [5.74, 6) is 1.92. The monoisotopic (exact) mass is 359 g/mol. The largest absolute Gasteiger partial charge is 0.493 e. The maximum Gasteiger partial charge on any atom is 0.224 e. The van der Waals surface area contributed by atoms with E-state index in [0.29, 0.717) is 31.2 Å². The third kappa shape index (κ3) is 4.84. The second-order valence-electron chi connectivity index (χ2n) is 6.75. The van der Waals surface area contributed by atoms with Crippen LogP contribution in [0.25, 0.3) is 0 Å². The molecule has 6 heteroatoms.